The zero-order chi connectivity index (χ0) is 19.1. The molecule has 140 valence electrons. The smallest absolute Gasteiger partial charge is 0.228 e. The van der Waals surface area contributed by atoms with Crippen molar-refractivity contribution >= 4 is 11.6 Å². The summed E-state index contributed by atoms with van der Waals surface area (Å²) >= 11 is 0. The lowest BCUT2D eigenvalue weighted by atomic mass is 10.2. The van der Waals surface area contributed by atoms with Crippen LogP contribution in [0.15, 0.2) is 48.5 Å². The summed E-state index contributed by atoms with van der Waals surface area (Å²) in [5.41, 5.74) is 3.22. The first-order valence-electron chi connectivity index (χ1n) is 8.72. The van der Waals surface area contributed by atoms with Crippen molar-refractivity contribution in [3.8, 4) is 5.75 Å². The van der Waals surface area contributed by atoms with Gasteiger partial charge in [0.25, 0.3) is 0 Å². The maximum absolute atomic E-state index is 12.1. The van der Waals surface area contributed by atoms with Crippen molar-refractivity contribution < 1.29 is 9.53 Å². The number of carbonyl (C=O) groups is 1. The van der Waals surface area contributed by atoms with Crippen molar-refractivity contribution in [2.24, 2.45) is 0 Å². The summed E-state index contributed by atoms with van der Waals surface area (Å²) < 4.78 is 5.12. The molecule has 7 heteroatoms. The zero-order valence-corrected chi connectivity index (χ0v) is 15.5. The molecule has 3 rings (SSSR count). The number of aromatic nitrogens is 3. The van der Waals surface area contributed by atoms with Crippen molar-refractivity contribution in [2.45, 2.75) is 26.4 Å². The molecule has 0 radical (unpaired) electrons. The van der Waals surface area contributed by atoms with E-state index in [-0.39, 0.29) is 12.3 Å². The number of carbonyl (C=O) groups excluding carboxylic acids is 1. The summed E-state index contributed by atoms with van der Waals surface area (Å²) in [5, 5.41) is 13.1. The Kier molecular flexibility index (Phi) is 6.04. The van der Waals surface area contributed by atoms with Crippen LogP contribution < -0.4 is 15.4 Å². The van der Waals surface area contributed by atoms with Crippen molar-refractivity contribution in [3.05, 3.63) is 71.3 Å². The number of ether oxygens (including phenoxy) is 1. The van der Waals surface area contributed by atoms with Gasteiger partial charge in [0.1, 0.15) is 11.6 Å². The first-order valence-corrected chi connectivity index (χ1v) is 8.72. The summed E-state index contributed by atoms with van der Waals surface area (Å²) in [7, 11) is 1.62. The molecule has 2 aromatic carbocycles. The van der Waals surface area contributed by atoms with E-state index in [1.807, 2.05) is 55.5 Å². The van der Waals surface area contributed by atoms with E-state index in [1.54, 1.807) is 7.11 Å². The number of aryl methyl sites for hydroxylation is 1. The van der Waals surface area contributed by atoms with Gasteiger partial charge in [-0.3, -0.25) is 9.89 Å². The predicted molar refractivity (Wildman–Crippen MR) is 103 cm³/mol. The molecule has 3 aromatic rings. The lowest BCUT2D eigenvalue weighted by molar-refractivity contribution is -0.120. The maximum atomic E-state index is 12.1. The standard InChI is InChI=1S/C20H23N5O2/c1-14-3-7-16(8-4-14)21-13-19-23-18(24-25-19)11-20(26)22-12-15-5-9-17(27-2)10-6-15/h3-10,21H,11-13H2,1-2H3,(H,22,26)(H,23,24,25). The van der Waals surface area contributed by atoms with E-state index in [9.17, 15) is 4.79 Å². The minimum absolute atomic E-state index is 0.122. The molecule has 7 nitrogen and oxygen atoms in total. The van der Waals surface area contributed by atoms with Crippen molar-refractivity contribution in [1.82, 2.24) is 20.5 Å². The molecule has 0 bridgehead atoms. The number of benzene rings is 2. The number of anilines is 1. The minimum atomic E-state index is -0.122. The number of aromatic amines is 1. The van der Waals surface area contributed by atoms with Gasteiger partial charge in [-0.15, -0.1) is 0 Å². The summed E-state index contributed by atoms with van der Waals surface area (Å²) in [5.74, 6) is 1.83. The highest BCUT2D eigenvalue weighted by Crippen LogP contribution is 2.11. The van der Waals surface area contributed by atoms with Crippen LogP contribution in [-0.4, -0.2) is 28.2 Å². The minimum Gasteiger partial charge on any atom is -0.497 e. The first-order chi connectivity index (χ1) is 13.1. The summed E-state index contributed by atoms with van der Waals surface area (Å²) in [6, 6.07) is 15.7. The van der Waals surface area contributed by atoms with Crippen LogP contribution in [0.5, 0.6) is 5.75 Å². The second kappa shape index (κ2) is 8.84. The topological polar surface area (TPSA) is 91.9 Å². The molecule has 27 heavy (non-hydrogen) atoms. The molecule has 1 amide bonds. The van der Waals surface area contributed by atoms with Gasteiger partial charge in [0.15, 0.2) is 5.82 Å². The third kappa shape index (κ3) is 5.57. The van der Waals surface area contributed by atoms with Gasteiger partial charge in [-0.1, -0.05) is 29.8 Å². The zero-order valence-electron chi connectivity index (χ0n) is 15.5. The number of H-pyrrole nitrogens is 1. The van der Waals surface area contributed by atoms with E-state index in [1.165, 1.54) is 5.56 Å². The largest absolute Gasteiger partial charge is 0.497 e. The lowest BCUT2D eigenvalue weighted by Gasteiger charge is -2.05. The van der Waals surface area contributed by atoms with Crippen molar-refractivity contribution in [1.29, 1.82) is 0 Å². The van der Waals surface area contributed by atoms with E-state index in [0.29, 0.717) is 24.7 Å². The Morgan fingerprint density at radius 3 is 2.52 bits per heavy atom. The van der Waals surface area contributed by atoms with Crippen LogP contribution in [0.2, 0.25) is 0 Å². The van der Waals surface area contributed by atoms with Gasteiger partial charge in [-0.2, -0.15) is 5.10 Å². The number of hydrogen-bond donors (Lipinski definition) is 3. The highest BCUT2D eigenvalue weighted by molar-refractivity contribution is 5.77. The highest BCUT2D eigenvalue weighted by atomic mass is 16.5. The molecule has 1 heterocycles. The fourth-order valence-electron chi connectivity index (χ4n) is 2.50. The van der Waals surface area contributed by atoms with Gasteiger partial charge in [0, 0.05) is 12.2 Å². The number of amides is 1. The third-order valence-corrected chi connectivity index (χ3v) is 4.06. The molecule has 0 saturated carbocycles. The molecule has 1 aromatic heterocycles. The second-order valence-corrected chi connectivity index (χ2v) is 6.22. The SMILES string of the molecule is COc1ccc(CNC(=O)Cc2n[nH]c(CNc3ccc(C)cc3)n2)cc1. The van der Waals surface area contributed by atoms with Gasteiger partial charge in [0.05, 0.1) is 20.1 Å². The van der Waals surface area contributed by atoms with Gasteiger partial charge in [-0.05, 0) is 36.8 Å². The fourth-order valence-corrected chi connectivity index (χ4v) is 2.50. The van der Waals surface area contributed by atoms with E-state index in [0.717, 1.165) is 17.0 Å². The number of hydrogen-bond acceptors (Lipinski definition) is 5. The van der Waals surface area contributed by atoms with Crippen LogP contribution in [0.1, 0.15) is 22.8 Å². The quantitative estimate of drug-likeness (QED) is 0.571. The van der Waals surface area contributed by atoms with E-state index in [2.05, 4.69) is 25.8 Å². The Labute approximate surface area is 158 Å². The molecule has 0 aliphatic heterocycles. The maximum Gasteiger partial charge on any atom is 0.228 e. The average molecular weight is 365 g/mol. The molecule has 0 atom stereocenters. The lowest BCUT2D eigenvalue weighted by Crippen LogP contribution is -2.25. The van der Waals surface area contributed by atoms with Crippen LogP contribution in [0.4, 0.5) is 5.69 Å². The van der Waals surface area contributed by atoms with Gasteiger partial charge < -0.3 is 15.4 Å². The summed E-state index contributed by atoms with van der Waals surface area (Å²) in [6.45, 7) is 3.02. The van der Waals surface area contributed by atoms with Crippen molar-refractivity contribution in [3.63, 3.8) is 0 Å². The van der Waals surface area contributed by atoms with E-state index in [4.69, 9.17) is 4.74 Å². The Bertz CT molecular complexity index is 872. The van der Waals surface area contributed by atoms with Crippen LogP contribution in [0.25, 0.3) is 0 Å². The Balaban J connectivity index is 1.44. The fraction of sp³-hybridized carbons (Fsp3) is 0.250. The Morgan fingerprint density at radius 2 is 1.81 bits per heavy atom. The molecular formula is C20H23N5O2. The van der Waals surface area contributed by atoms with Crippen LogP contribution in [-0.2, 0) is 24.3 Å². The van der Waals surface area contributed by atoms with Crippen LogP contribution in [0, 0.1) is 6.92 Å². The predicted octanol–water partition coefficient (Wildman–Crippen LogP) is 2.59. The van der Waals surface area contributed by atoms with Crippen LogP contribution >= 0.6 is 0 Å². The molecule has 0 unspecified atom stereocenters. The number of nitrogens with zero attached hydrogens (tertiary/aromatic N) is 2. The molecule has 3 N–H and O–H groups in total. The summed E-state index contributed by atoms with van der Waals surface area (Å²) in [4.78, 5) is 16.4. The molecule has 0 saturated heterocycles. The van der Waals surface area contributed by atoms with Gasteiger partial charge in [0.2, 0.25) is 5.91 Å². The molecular weight excluding hydrogens is 342 g/mol. The number of rotatable bonds is 8. The van der Waals surface area contributed by atoms with E-state index >= 15 is 0 Å². The normalized spacial score (nSPS) is 10.4. The molecule has 0 spiro atoms. The Morgan fingerprint density at radius 1 is 1.07 bits per heavy atom. The van der Waals surface area contributed by atoms with Crippen LogP contribution in [0.3, 0.4) is 0 Å². The van der Waals surface area contributed by atoms with E-state index < -0.39 is 0 Å². The third-order valence-electron chi connectivity index (χ3n) is 4.06. The Hall–Kier alpha value is -3.35. The molecule has 0 aliphatic rings. The highest BCUT2D eigenvalue weighted by Gasteiger charge is 2.09. The van der Waals surface area contributed by atoms with Gasteiger partial charge in [-0.25, -0.2) is 4.98 Å². The average Bonchev–Trinajstić information content (AvgIpc) is 3.13. The monoisotopic (exact) mass is 365 g/mol. The van der Waals surface area contributed by atoms with Crippen molar-refractivity contribution in [2.75, 3.05) is 12.4 Å². The molecule has 0 fully saturated rings. The van der Waals surface area contributed by atoms with Gasteiger partial charge >= 0.3 is 0 Å². The first kappa shape index (κ1) is 18.4. The second-order valence-electron chi connectivity index (χ2n) is 6.22. The number of nitrogens with one attached hydrogen (secondary N) is 3. The molecule has 0 aliphatic carbocycles. The summed E-state index contributed by atoms with van der Waals surface area (Å²) in [6.07, 6.45) is 0.136. The number of methoxy groups -OCH3 is 1.